The van der Waals surface area contributed by atoms with Gasteiger partial charge in [0.1, 0.15) is 6.20 Å². The van der Waals surface area contributed by atoms with Gasteiger partial charge in [0.05, 0.1) is 12.2 Å². The Morgan fingerprint density at radius 1 is 1.47 bits per heavy atom. The molecule has 1 amide bonds. The molecule has 0 saturated carbocycles. The Labute approximate surface area is 85.3 Å². The Morgan fingerprint density at radius 3 is 3.07 bits per heavy atom. The lowest BCUT2D eigenvalue weighted by atomic mass is 10.3. The van der Waals surface area contributed by atoms with Crippen LogP contribution in [-0.2, 0) is 6.54 Å². The molecule has 0 aromatic carbocycles. The molecule has 0 atom stereocenters. The summed E-state index contributed by atoms with van der Waals surface area (Å²) < 4.78 is 4.31. The minimum atomic E-state index is -0.332. The molecule has 1 N–H and O–H groups in total. The van der Waals surface area contributed by atoms with Crippen LogP contribution in [0, 0.1) is 0 Å². The van der Waals surface area contributed by atoms with E-state index in [-0.39, 0.29) is 11.6 Å². The van der Waals surface area contributed by atoms with Gasteiger partial charge in [0.15, 0.2) is 5.69 Å². The van der Waals surface area contributed by atoms with E-state index < -0.39 is 0 Å². The molecule has 2 aromatic rings. The molecule has 76 valence electrons. The largest absolute Gasteiger partial charge is 0.345 e. The first-order valence-electron chi connectivity index (χ1n) is 4.32. The first kappa shape index (κ1) is 9.32. The second-order valence-corrected chi connectivity index (χ2v) is 2.80. The Kier molecular flexibility index (Phi) is 2.68. The minimum Gasteiger partial charge on any atom is -0.345 e. The van der Waals surface area contributed by atoms with Gasteiger partial charge in [-0.15, -0.1) is 0 Å². The predicted octanol–water partition coefficient (Wildman–Crippen LogP) is 0.395. The summed E-state index contributed by atoms with van der Waals surface area (Å²) in [5.74, 6) is -0.332. The maximum atomic E-state index is 11.4. The second-order valence-electron chi connectivity index (χ2n) is 2.80. The zero-order chi connectivity index (χ0) is 10.5. The van der Waals surface area contributed by atoms with E-state index in [0.717, 1.165) is 5.69 Å². The number of nitrogens with zero attached hydrogens (tertiary/aromatic N) is 3. The Morgan fingerprint density at radius 2 is 2.40 bits per heavy atom. The summed E-state index contributed by atoms with van der Waals surface area (Å²) >= 11 is 0. The lowest BCUT2D eigenvalue weighted by molar-refractivity contribution is 0.0940. The third-order valence-corrected chi connectivity index (χ3v) is 1.75. The van der Waals surface area contributed by atoms with Crippen LogP contribution in [0.2, 0.25) is 0 Å². The number of amides is 1. The van der Waals surface area contributed by atoms with Crippen molar-refractivity contribution in [2.24, 2.45) is 0 Å². The lowest BCUT2D eigenvalue weighted by Crippen LogP contribution is -2.23. The number of nitrogens with one attached hydrogen (secondary N) is 1. The molecular formula is C9H8N4O2. The summed E-state index contributed by atoms with van der Waals surface area (Å²) in [4.78, 5) is 15.4. The third kappa shape index (κ3) is 2.37. The van der Waals surface area contributed by atoms with Crippen molar-refractivity contribution in [2.45, 2.75) is 6.54 Å². The smallest absolute Gasteiger partial charge is 0.275 e. The van der Waals surface area contributed by atoms with Gasteiger partial charge in [0.25, 0.3) is 5.91 Å². The van der Waals surface area contributed by atoms with Gasteiger partial charge >= 0.3 is 0 Å². The van der Waals surface area contributed by atoms with Crippen LogP contribution in [0.15, 0.2) is 35.2 Å². The van der Waals surface area contributed by atoms with E-state index in [1.165, 1.54) is 6.20 Å². The molecule has 0 fully saturated rings. The summed E-state index contributed by atoms with van der Waals surface area (Å²) in [6.07, 6.45) is 2.92. The molecule has 2 aromatic heterocycles. The summed E-state index contributed by atoms with van der Waals surface area (Å²) in [6, 6.07) is 5.49. The van der Waals surface area contributed by atoms with Crippen molar-refractivity contribution < 1.29 is 9.42 Å². The number of carbonyl (C=O) groups excluding carboxylic acids is 1. The number of rotatable bonds is 3. The van der Waals surface area contributed by atoms with E-state index in [0.29, 0.717) is 6.54 Å². The quantitative estimate of drug-likeness (QED) is 0.782. The fourth-order valence-corrected chi connectivity index (χ4v) is 1.03. The normalized spacial score (nSPS) is 9.87. The van der Waals surface area contributed by atoms with E-state index >= 15 is 0 Å². The molecule has 0 bridgehead atoms. The molecule has 2 rings (SSSR count). The van der Waals surface area contributed by atoms with Crippen LogP contribution in [0.25, 0.3) is 0 Å². The van der Waals surface area contributed by atoms with Crippen molar-refractivity contribution in [1.82, 2.24) is 20.6 Å². The van der Waals surface area contributed by atoms with Crippen LogP contribution in [0.3, 0.4) is 0 Å². The zero-order valence-corrected chi connectivity index (χ0v) is 7.75. The van der Waals surface area contributed by atoms with E-state index in [2.05, 4.69) is 25.2 Å². The van der Waals surface area contributed by atoms with Crippen molar-refractivity contribution >= 4 is 5.91 Å². The lowest BCUT2D eigenvalue weighted by Gasteiger charge is -2.00. The fraction of sp³-hybridized carbons (Fsp3) is 0.111. The van der Waals surface area contributed by atoms with Gasteiger partial charge in [-0.3, -0.25) is 9.78 Å². The topological polar surface area (TPSA) is 80.9 Å². The van der Waals surface area contributed by atoms with Crippen LogP contribution in [0.5, 0.6) is 0 Å². The van der Waals surface area contributed by atoms with Gasteiger partial charge in [-0.25, -0.2) is 4.63 Å². The van der Waals surface area contributed by atoms with Crippen molar-refractivity contribution in [3.8, 4) is 0 Å². The van der Waals surface area contributed by atoms with Crippen molar-refractivity contribution in [3.05, 3.63) is 42.0 Å². The average molecular weight is 204 g/mol. The molecule has 6 nitrogen and oxygen atoms in total. The first-order valence-corrected chi connectivity index (χ1v) is 4.32. The molecule has 0 radical (unpaired) electrons. The third-order valence-electron chi connectivity index (χ3n) is 1.75. The van der Waals surface area contributed by atoms with Gasteiger partial charge in [-0.1, -0.05) is 11.2 Å². The van der Waals surface area contributed by atoms with Gasteiger partial charge in [-0.2, -0.15) is 0 Å². The molecule has 2 heterocycles. The van der Waals surface area contributed by atoms with Crippen molar-refractivity contribution in [1.29, 1.82) is 0 Å². The van der Waals surface area contributed by atoms with E-state index in [1.54, 1.807) is 6.20 Å². The van der Waals surface area contributed by atoms with Gasteiger partial charge in [-0.05, 0) is 17.3 Å². The molecule has 0 aliphatic rings. The molecule has 0 aliphatic heterocycles. The number of hydrogen-bond acceptors (Lipinski definition) is 5. The van der Waals surface area contributed by atoms with Crippen LogP contribution >= 0.6 is 0 Å². The van der Waals surface area contributed by atoms with Crippen LogP contribution in [0.1, 0.15) is 16.2 Å². The van der Waals surface area contributed by atoms with E-state index in [4.69, 9.17) is 0 Å². The monoisotopic (exact) mass is 204 g/mol. The van der Waals surface area contributed by atoms with Gasteiger partial charge in [0.2, 0.25) is 0 Å². The standard InChI is InChI=1S/C9H8N4O2/c14-9(8-6-12-15-13-8)11-5-7-3-1-2-4-10-7/h1-4,6H,5H2,(H,11,14). The highest BCUT2D eigenvalue weighted by atomic mass is 16.6. The molecular weight excluding hydrogens is 196 g/mol. The summed E-state index contributed by atoms with van der Waals surface area (Å²) in [7, 11) is 0. The molecule has 0 unspecified atom stereocenters. The van der Waals surface area contributed by atoms with E-state index in [9.17, 15) is 4.79 Å². The Hall–Kier alpha value is -2.24. The fourth-order valence-electron chi connectivity index (χ4n) is 1.03. The van der Waals surface area contributed by atoms with Crippen LogP contribution < -0.4 is 5.32 Å². The number of carbonyl (C=O) groups is 1. The Balaban J connectivity index is 1.92. The SMILES string of the molecule is O=C(NCc1ccccn1)c1cnon1. The molecule has 15 heavy (non-hydrogen) atoms. The number of aromatic nitrogens is 3. The van der Waals surface area contributed by atoms with Gasteiger partial charge < -0.3 is 5.32 Å². The molecule has 0 spiro atoms. The highest BCUT2D eigenvalue weighted by Crippen LogP contribution is 1.94. The van der Waals surface area contributed by atoms with Crippen molar-refractivity contribution in [2.75, 3.05) is 0 Å². The molecule has 0 saturated heterocycles. The maximum absolute atomic E-state index is 11.4. The highest BCUT2D eigenvalue weighted by Gasteiger charge is 2.08. The van der Waals surface area contributed by atoms with Crippen LogP contribution in [-0.4, -0.2) is 21.2 Å². The summed E-state index contributed by atoms with van der Waals surface area (Å²) in [5, 5.41) is 9.38. The zero-order valence-electron chi connectivity index (χ0n) is 7.75. The maximum Gasteiger partial charge on any atom is 0.275 e. The average Bonchev–Trinajstić information content (AvgIpc) is 2.81. The van der Waals surface area contributed by atoms with E-state index in [1.807, 2.05) is 18.2 Å². The summed E-state index contributed by atoms with van der Waals surface area (Å²) in [5.41, 5.74) is 0.938. The predicted molar refractivity (Wildman–Crippen MR) is 49.7 cm³/mol. The second kappa shape index (κ2) is 4.32. The molecule has 6 heteroatoms. The number of hydrogen-bond donors (Lipinski definition) is 1. The first-order chi connectivity index (χ1) is 7.36. The highest BCUT2D eigenvalue weighted by molar-refractivity contribution is 5.91. The number of pyridine rings is 1. The van der Waals surface area contributed by atoms with Crippen LogP contribution in [0.4, 0.5) is 0 Å². The molecule has 0 aliphatic carbocycles. The summed E-state index contributed by atoms with van der Waals surface area (Å²) in [6.45, 7) is 0.354. The van der Waals surface area contributed by atoms with Crippen molar-refractivity contribution in [3.63, 3.8) is 0 Å². The minimum absolute atomic E-state index is 0.158. The Bertz CT molecular complexity index is 427. The van der Waals surface area contributed by atoms with Gasteiger partial charge in [0, 0.05) is 6.20 Å².